The molecule has 0 aliphatic carbocycles. The Morgan fingerprint density at radius 2 is 1.27 bits per heavy atom. The van der Waals surface area contributed by atoms with Crippen molar-refractivity contribution in [2.45, 2.75) is 46.2 Å². The van der Waals surface area contributed by atoms with E-state index in [4.69, 9.17) is 0 Å². The first-order valence-electron chi connectivity index (χ1n) is 5.24. The quantitative estimate of drug-likeness (QED) is 0.561. The highest BCUT2D eigenvalue weighted by Crippen LogP contribution is 2.12. The summed E-state index contributed by atoms with van der Waals surface area (Å²) in [6.07, 6.45) is 1.56. The van der Waals surface area contributed by atoms with Crippen molar-refractivity contribution in [3.05, 3.63) is 11.6 Å². The molecule has 0 amide bonds. The molecule has 0 heterocycles. The Morgan fingerprint density at radius 1 is 0.867 bits per heavy atom. The van der Waals surface area contributed by atoms with Gasteiger partial charge >= 0.3 is 0 Å². The smallest absolute Gasteiger partial charge is 0.135 e. The fraction of sp³-hybridized carbons (Fsp3) is 0.636. The molecular weight excluding hydrogens is 220 g/mol. The van der Waals surface area contributed by atoms with Gasteiger partial charge in [0.2, 0.25) is 0 Å². The van der Waals surface area contributed by atoms with Gasteiger partial charge in [-0.25, -0.2) is 0 Å². The van der Waals surface area contributed by atoms with Crippen LogP contribution >= 0.6 is 0 Å². The molecule has 0 aliphatic heterocycles. The van der Waals surface area contributed by atoms with Crippen LogP contribution in [0.3, 0.4) is 0 Å². The highest BCUT2D eigenvalue weighted by molar-refractivity contribution is 7.07. The first-order chi connectivity index (χ1) is 6.46. The van der Waals surface area contributed by atoms with Gasteiger partial charge in [0.15, 0.2) is 0 Å². The van der Waals surface area contributed by atoms with E-state index in [-0.39, 0.29) is 10.8 Å². The van der Waals surface area contributed by atoms with E-state index in [1.54, 1.807) is 13.0 Å². The molecule has 0 aromatic heterocycles. The molecule has 0 N–H and O–H groups in total. The van der Waals surface area contributed by atoms with Gasteiger partial charge in [0.05, 0.1) is 0 Å². The van der Waals surface area contributed by atoms with E-state index in [0.29, 0.717) is 5.57 Å². The maximum absolute atomic E-state index is 11.9. The Hall–Kier alpha value is -0.486. The second kappa shape index (κ2) is 4.57. The van der Waals surface area contributed by atoms with E-state index in [0.717, 1.165) is 0 Å². The number of carbonyl (C=O) groups excluding carboxylic acids is 2. The molecule has 0 radical (unpaired) electrons. The molecule has 15 heavy (non-hydrogen) atoms. The van der Waals surface area contributed by atoms with Crippen molar-refractivity contribution in [2.24, 2.45) is 0 Å². The third kappa shape index (κ3) is 4.70. The number of carbonyl (C=O) groups is 2. The summed E-state index contributed by atoms with van der Waals surface area (Å²) in [5, 5.41) is 0.348. The number of hydrogen-bond donors (Lipinski definition) is 0. The largest absolute Gasteiger partial charge is 0.301 e. The average molecular weight is 242 g/mol. The van der Waals surface area contributed by atoms with Crippen molar-refractivity contribution < 1.29 is 9.59 Å². The molecule has 0 bridgehead atoms. The summed E-state index contributed by atoms with van der Waals surface area (Å²) in [7, 11) is -3.57. The van der Waals surface area contributed by atoms with Gasteiger partial charge in [0, 0.05) is 0 Å². The van der Waals surface area contributed by atoms with Crippen LogP contribution < -0.4 is 0 Å². The minimum absolute atomic E-state index is 0.159. The van der Waals surface area contributed by atoms with Gasteiger partial charge in [-0.05, 0) is 18.6 Å². The number of allylic oxidation sites excluding steroid dienone is 2. The molecule has 2 nitrogen and oxygen atoms in total. The Kier molecular flexibility index (Phi) is 4.42. The molecule has 4 heteroatoms. The third-order valence-corrected chi connectivity index (χ3v) is 5.51. The van der Waals surface area contributed by atoms with Crippen molar-refractivity contribution in [3.8, 4) is 0 Å². The summed E-state index contributed by atoms with van der Waals surface area (Å²) < 4.78 is 0. The molecule has 0 saturated heterocycles. The van der Waals surface area contributed by atoms with Crippen LogP contribution in [0.25, 0.3) is 0 Å². The summed E-state index contributed by atoms with van der Waals surface area (Å²) in [4.78, 5) is 23.6. The third-order valence-electron chi connectivity index (χ3n) is 2.13. The zero-order valence-electron chi connectivity index (χ0n) is 10.9. The van der Waals surface area contributed by atoms with Gasteiger partial charge in [-0.3, -0.25) is 0 Å². The summed E-state index contributed by atoms with van der Waals surface area (Å²) in [5.74, 6) is 0. The van der Waals surface area contributed by atoms with Crippen LogP contribution in [0.1, 0.15) is 6.92 Å². The fourth-order valence-electron chi connectivity index (χ4n) is 1.07. The lowest BCUT2D eigenvalue weighted by atomic mass is 10.3. The Balaban J connectivity index is 4.89. The first-order valence-corrected chi connectivity index (χ1v) is 12.2. The van der Waals surface area contributed by atoms with Gasteiger partial charge < -0.3 is 9.59 Å². The molecule has 0 atom stereocenters. The second-order valence-electron chi connectivity index (χ2n) is 6.02. The molecule has 0 aliphatic rings. The van der Waals surface area contributed by atoms with Crippen molar-refractivity contribution in [2.75, 3.05) is 0 Å². The molecule has 0 aromatic carbocycles. The standard InChI is InChI=1S/C11H22O2Si2/c1-9(11(13)15(5,6)7)8-10(12)14(2,3)4/h8H,1-7H3/b9-8+. The first kappa shape index (κ1) is 14.5. The molecule has 0 saturated carbocycles. The molecule has 0 aromatic rings. The Morgan fingerprint density at radius 3 is 1.53 bits per heavy atom. The predicted octanol–water partition coefficient (Wildman–Crippen LogP) is 2.83. The van der Waals surface area contributed by atoms with E-state index in [1.807, 2.05) is 39.3 Å². The lowest BCUT2D eigenvalue weighted by Crippen LogP contribution is -2.36. The molecule has 86 valence electrons. The van der Waals surface area contributed by atoms with Crippen LogP contribution in [0, 0.1) is 0 Å². The molecule has 0 rings (SSSR count). The summed E-state index contributed by atoms with van der Waals surface area (Å²) >= 11 is 0. The van der Waals surface area contributed by atoms with Gasteiger partial charge in [-0.2, -0.15) is 0 Å². The van der Waals surface area contributed by atoms with E-state index in [9.17, 15) is 9.59 Å². The van der Waals surface area contributed by atoms with Crippen molar-refractivity contribution in [1.82, 2.24) is 0 Å². The normalized spacial score (nSPS) is 13.9. The fourth-order valence-corrected chi connectivity index (χ4v) is 2.97. The van der Waals surface area contributed by atoms with Crippen LogP contribution in [-0.2, 0) is 9.59 Å². The zero-order chi connectivity index (χ0) is 12.4. The molecule has 0 fully saturated rings. The SMILES string of the molecule is C/C(=C\C(=O)[Si](C)(C)C)C(=O)[Si](C)(C)C. The highest BCUT2D eigenvalue weighted by atomic mass is 28.3. The molecule has 0 unspecified atom stereocenters. The Labute approximate surface area is 94.8 Å². The van der Waals surface area contributed by atoms with Crippen LogP contribution in [0.15, 0.2) is 11.6 Å². The topological polar surface area (TPSA) is 34.1 Å². The number of hydrogen-bond acceptors (Lipinski definition) is 2. The molecular formula is C11H22O2Si2. The van der Waals surface area contributed by atoms with Gasteiger partial charge in [0.25, 0.3) is 0 Å². The van der Waals surface area contributed by atoms with Crippen molar-refractivity contribution in [1.29, 1.82) is 0 Å². The monoisotopic (exact) mass is 242 g/mol. The van der Waals surface area contributed by atoms with Gasteiger partial charge in [0.1, 0.15) is 27.0 Å². The van der Waals surface area contributed by atoms with Gasteiger partial charge in [-0.15, -0.1) is 0 Å². The minimum atomic E-state index is -1.79. The Bertz CT molecular complexity index is 304. The maximum atomic E-state index is 11.9. The van der Waals surface area contributed by atoms with Crippen molar-refractivity contribution in [3.63, 3.8) is 0 Å². The summed E-state index contributed by atoms with van der Waals surface area (Å²) in [5.41, 5.74) is 0.640. The zero-order valence-corrected chi connectivity index (χ0v) is 12.9. The molecule has 0 spiro atoms. The van der Waals surface area contributed by atoms with Crippen LogP contribution in [-0.4, -0.2) is 27.0 Å². The summed E-state index contributed by atoms with van der Waals surface area (Å²) in [6, 6.07) is 0. The maximum Gasteiger partial charge on any atom is 0.135 e. The van der Waals surface area contributed by atoms with E-state index in [2.05, 4.69) is 0 Å². The average Bonchev–Trinajstić information content (AvgIpc) is 1.99. The van der Waals surface area contributed by atoms with Crippen LogP contribution in [0.4, 0.5) is 0 Å². The highest BCUT2D eigenvalue weighted by Gasteiger charge is 2.27. The van der Waals surface area contributed by atoms with Gasteiger partial charge in [-0.1, -0.05) is 39.3 Å². The summed E-state index contributed by atoms with van der Waals surface area (Å²) in [6.45, 7) is 13.8. The van der Waals surface area contributed by atoms with Crippen molar-refractivity contribution >= 4 is 27.0 Å². The van der Waals surface area contributed by atoms with E-state index < -0.39 is 16.1 Å². The van der Waals surface area contributed by atoms with Crippen LogP contribution in [0.5, 0.6) is 0 Å². The number of rotatable bonds is 4. The minimum Gasteiger partial charge on any atom is -0.301 e. The lowest BCUT2D eigenvalue weighted by Gasteiger charge is -2.16. The van der Waals surface area contributed by atoms with Crippen LogP contribution in [0.2, 0.25) is 39.3 Å². The lowest BCUT2D eigenvalue weighted by molar-refractivity contribution is -0.111. The van der Waals surface area contributed by atoms with E-state index >= 15 is 0 Å². The predicted molar refractivity (Wildman–Crippen MR) is 70.5 cm³/mol. The second-order valence-corrected chi connectivity index (χ2v) is 16.0. The van der Waals surface area contributed by atoms with E-state index in [1.165, 1.54) is 0 Å².